The van der Waals surface area contributed by atoms with E-state index in [1.165, 1.54) is 12.8 Å². The van der Waals surface area contributed by atoms with Crippen molar-refractivity contribution in [3.63, 3.8) is 0 Å². The van der Waals surface area contributed by atoms with Gasteiger partial charge in [0.1, 0.15) is 5.82 Å². The lowest BCUT2D eigenvalue weighted by Crippen LogP contribution is -2.28. The van der Waals surface area contributed by atoms with Gasteiger partial charge in [0.05, 0.1) is 16.4 Å². The molecule has 1 atom stereocenters. The van der Waals surface area contributed by atoms with Gasteiger partial charge < -0.3 is 10.2 Å². The second kappa shape index (κ2) is 3.81. The fourth-order valence-corrected chi connectivity index (χ4v) is 2.91. The largest absolute Gasteiger partial charge is 0.383 e. The molecule has 1 N–H and O–H groups in total. The van der Waals surface area contributed by atoms with Gasteiger partial charge in [-0.05, 0) is 25.3 Å². The SMILES string of the molecule is Fc1cc2c(cc1Cl)NCCC1CCCN21. The molecule has 2 nitrogen and oxygen atoms in total. The second-order valence-electron chi connectivity index (χ2n) is 4.49. The first kappa shape index (κ1) is 10.2. The number of anilines is 2. The Morgan fingerprint density at radius 3 is 3.12 bits per heavy atom. The van der Waals surface area contributed by atoms with Crippen LogP contribution in [0.2, 0.25) is 5.02 Å². The number of benzene rings is 1. The van der Waals surface area contributed by atoms with E-state index in [1.54, 1.807) is 12.1 Å². The number of rotatable bonds is 0. The van der Waals surface area contributed by atoms with Gasteiger partial charge in [0.15, 0.2) is 0 Å². The van der Waals surface area contributed by atoms with Crippen molar-refractivity contribution in [2.24, 2.45) is 0 Å². The van der Waals surface area contributed by atoms with Crippen molar-refractivity contribution < 1.29 is 4.39 Å². The average Bonchev–Trinajstić information content (AvgIpc) is 2.65. The first-order chi connectivity index (χ1) is 7.75. The van der Waals surface area contributed by atoms with Crippen molar-refractivity contribution >= 4 is 23.0 Å². The average molecular weight is 241 g/mol. The molecule has 0 saturated carbocycles. The third-order valence-corrected chi connectivity index (χ3v) is 3.81. The van der Waals surface area contributed by atoms with E-state index in [0.29, 0.717) is 6.04 Å². The van der Waals surface area contributed by atoms with Crippen molar-refractivity contribution in [2.75, 3.05) is 23.3 Å². The van der Waals surface area contributed by atoms with Crippen LogP contribution in [0, 0.1) is 5.82 Å². The Morgan fingerprint density at radius 1 is 1.38 bits per heavy atom. The lowest BCUT2D eigenvalue weighted by Gasteiger charge is -2.25. The smallest absolute Gasteiger partial charge is 0.144 e. The van der Waals surface area contributed by atoms with Gasteiger partial charge in [-0.15, -0.1) is 0 Å². The van der Waals surface area contributed by atoms with Crippen LogP contribution in [0.4, 0.5) is 15.8 Å². The van der Waals surface area contributed by atoms with E-state index in [9.17, 15) is 4.39 Å². The molecule has 0 radical (unpaired) electrons. The van der Waals surface area contributed by atoms with Gasteiger partial charge in [0.2, 0.25) is 0 Å². The number of hydrogen-bond donors (Lipinski definition) is 1. The Balaban J connectivity index is 2.09. The van der Waals surface area contributed by atoms with E-state index in [0.717, 1.165) is 30.9 Å². The molecule has 16 heavy (non-hydrogen) atoms. The molecule has 1 aromatic carbocycles. The minimum absolute atomic E-state index is 0.198. The van der Waals surface area contributed by atoms with Gasteiger partial charge >= 0.3 is 0 Å². The van der Waals surface area contributed by atoms with Crippen molar-refractivity contribution in [2.45, 2.75) is 25.3 Å². The summed E-state index contributed by atoms with van der Waals surface area (Å²) in [6.07, 6.45) is 3.54. The predicted molar refractivity (Wildman–Crippen MR) is 64.9 cm³/mol. The summed E-state index contributed by atoms with van der Waals surface area (Å²) in [6, 6.07) is 3.83. The molecule has 3 rings (SSSR count). The molecule has 1 saturated heterocycles. The highest BCUT2D eigenvalue weighted by atomic mass is 35.5. The van der Waals surface area contributed by atoms with Crippen LogP contribution in [-0.2, 0) is 0 Å². The summed E-state index contributed by atoms with van der Waals surface area (Å²) in [4.78, 5) is 2.31. The predicted octanol–water partition coefficient (Wildman–Crippen LogP) is 3.26. The summed E-state index contributed by atoms with van der Waals surface area (Å²) in [5, 5.41) is 3.53. The Kier molecular flexibility index (Phi) is 2.43. The second-order valence-corrected chi connectivity index (χ2v) is 4.90. The molecule has 0 spiro atoms. The topological polar surface area (TPSA) is 15.3 Å². The molecule has 1 aromatic rings. The number of halogens is 2. The summed E-state index contributed by atoms with van der Waals surface area (Å²) in [5.74, 6) is -0.324. The Hall–Kier alpha value is -0.960. The Labute approximate surface area is 99.4 Å². The number of fused-ring (bicyclic) bond motifs is 3. The van der Waals surface area contributed by atoms with Crippen LogP contribution in [-0.4, -0.2) is 19.1 Å². The minimum Gasteiger partial charge on any atom is -0.383 e. The maximum atomic E-state index is 13.5. The fourth-order valence-electron chi connectivity index (χ4n) is 2.74. The minimum atomic E-state index is -0.324. The van der Waals surface area contributed by atoms with E-state index in [2.05, 4.69) is 10.2 Å². The molecule has 0 aromatic heterocycles. The molecular formula is C12H14ClFN2. The maximum Gasteiger partial charge on any atom is 0.144 e. The van der Waals surface area contributed by atoms with Crippen LogP contribution >= 0.6 is 11.6 Å². The van der Waals surface area contributed by atoms with E-state index in [1.807, 2.05) is 0 Å². The highest BCUT2D eigenvalue weighted by Gasteiger charge is 2.29. The molecule has 4 heteroatoms. The van der Waals surface area contributed by atoms with Gasteiger partial charge in [-0.25, -0.2) is 4.39 Å². The quantitative estimate of drug-likeness (QED) is 0.749. The van der Waals surface area contributed by atoms with Gasteiger partial charge in [0, 0.05) is 25.2 Å². The van der Waals surface area contributed by atoms with E-state index < -0.39 is 0 Å². The molecule has 1 unspecified atom stereocenters. The Bertz CT molecular complexity index is 422. The zero-order chi connectivity index (χ0) is 11.1. The summed E-state index contributed by atoms with van der Waals surface area (Å²) < 4.78 is 13.5. The molecular weight excluding hydrogens is 227 g/mol. The van der Waals surface area contributed by atoms with Gasteiger partial charge in [0.25, 0.3) is 0 Å². The normalized spacial score (nSPS) is 23.4. The summed E-state index contributed by atoms with van der Waals surface area (Å²) in [7, 11) is 0. The molecule has 86 valence electrons. The summed E-state index contributed by atoms with van der Waals surface area (Å²) in [5.41, 5.74) is 1.94. The molecule has 0 aliphatic carbocycles. The van der Waals surface area contributed by atoms with E-state index >= 15 is 0 Å². The van der Waals surface area contributed by atoms with Crippen molar-refractivity contribution in [3.05, 3.63) is 23.0 Å². The summed E-state index contributed by atoms with van der Waals surface area (Å²) in [6.45, 7) is 1.97. The zero-order valence-corrected chi connectivity index (χ0v) is 9.73. The first-order valence-electron chi connectivity index (χ1n) is 5.75. The highest BCUT2D eigenvalue weighted by Crippen LogP contribution is 2.38. The Morgan fingerprint density at radius 2 is 2.25 bits per heavy atom. The molecule has 2 aliphatic rings. The van der Waals surface area contributed by atoms with Crippen molar-refractivity contribution in [3.8, 4) is 0 Å². The van der Waals surface area contributed by atoms with E-state index in [4.69, 9.17) is 11.6 Å². The lowest BCUT2D eigenvalue weighted by molar-refractivity contribution is 0.621. The molecule has 2 aliphatic heterocycles. The van der Waals surface area contributed by atoms with Gasteiger partial charge in [-0.2, -0.15) is 0 Å². The summed E-state index contributed by atoms with van der Waals surface area (Å²) >= 11 is 5.81. The van der Waals surface area contributed by atoms with Crippen molar-refractivity contribution in [1.82, 2.24) is 0 Å². The molecule has 2 heterocycles. The number of nitrogens with one attached hydrogen (secondary N) is 1. The van der Waals surface area contributed by atoms with Crippen LogP contribution in [0.15, 0.2) is 12.1 Å². The lowest BCUT2D eigenvalue weighted by atomic mass is 10.1. The van der Waals surface area contributed by atoms with Crippen molar-refractivity contribution in [1.29, 1.82) is 0 Å². The number of nitrogens with zero attached hydrogens (tertiary/aromatic N) is 1. The van der Waals surface area contributed by atoms with Gasteiger partial charge in [-0.1, -0.05) is 11.6 Å². The highest BCUT2D eigenvalue weighted by molar-refractivity contribution is 6.31. The standard InChI is InChI=1S/C12H14ClFN2/c13-9-6-11-12(7-10(9)14)16-5-1-2-8(16)3-4-15-11/h6-8,15H,1-5H2. The molecule has 1 fully saturated rings. The number of hydrogen-bond acceptors (Lipinski definition) is 2. The first-order valence-corrected chi connectivity index (χ1v) is 6.13. The maximum absolute atomic E-state index is 13.5. The fraction of sp³-hybridized carbons (Fsp3) is 0.500. The van der Waals surface area contributed by atoms with Crippen LogP contribution in [0.3, 0.4) is 0 Å². The van der Waals surface area contributed by atoms with E-state index in [-0.39, 0.29) is 10.8 Å². The molecule has 0 bridgehead atoms. The monoisotopic (exact) mass is 240 g/mol. The van der Waals surface area contributed by atoms with Gasteiger partial charge in [-0.3, -0.25) is 0 Å². The van der Waals surface area contributed by atoms with Crippen LogP contribution < -0.4 is 10.2 Å². The third-order valence-electron chi connectivity index (χ3n) is 3.52. The van der Waals surface area contributed by atoms with Crippen LogP contribution in [0.5, 0.6) is 0 Å². The zero-order valence-electron chi connectivity index (χ0n) is 8.97. The van der Waals surface area contributed by atoms with Crippen LogP contribution in [0.25, 0.3) is 0 Å². The molecule has 0 amide bonds. The van der Waals surface area contributed by atoms with Crippen LogP contribution in [0.1, 0.15) is 19.3 Å². The third kappa shape index (κ3) is 1.54.